The molecule has 0 aliphatic rings. The second-order valence-corrected chi connectivity index (χ2v) is 7.93. The summed E-state index contributed by atoms with van der Waals surface area (Å²) in [5, 5.41) is 8.68. The van der Waals surface area contributed by atoms with Crippen molar-refractivity contribution in [2.45, 2.75) is 25.7 Å². The van der Waals surface area contributed by atoms with Gasteiger partial charge in [0, 0.05) is 17.1 Å². The molecule has 0 N–H and O–H groups in total. The van der Waals surface area contributed by atoms with E-state index in [4.69, 9.17) is 11.6 Å². The Kier molecular flexibility index (Phi) is 6.93. The number of aromatic nitrogens is 6. The molecule has 2 heterocycles. The smallest absolute Gasteiger partial charge is 0.390 e. The Hall–Kier alpha value is -4.00. The number of esters is 1. The number of benzene rings is 2. The summed E-state index contributed by atoms with van der Waals surface area (Å²) < 4.78 is 60.4. The Morgan fingerprint density at radius 3 is 2.42 bits per heavy atom. The van der Waals surface area contributed by atoms with Crippen LogP contribution in [0.3, 0.4) is 0 Å². The van der Waals surface area contributed by atoms with Crippen molar-refractivity contribution >= 4 is 17.6 Å². The third-order valence-electron chi connectivity index (χ3n) is 5.03. The van der Waals surface area contributed by atoms with Gasteiger partial charge in [-0.05, 0) is 36.4 Å². The van der Waals surface area contributed by atoms with Gasteiger partial charge in [0.2, 0.25) is 5.82 Å². The van der Waals surface area contributed by atoms with Gasteiger partial charge in [-0.15, -0.1) is 10.2 Å². The highest BCUT2D eigenvalue weighted by atomic mass is 35.5. The topological polar surface area (TPSA) is 96.8 Å². The second-order valence-electron chi connectivity index (χ2n) is 7.49. The van der Waals surface area contributed by atoms with Crippen LogP contribution < -0.4 is 5.69 Å². The number of hydrogen-bond acceptors (Lipinski definition) is 6. The zero-order valence-corrected chi connectivity index (χ0v) is 19.3. The lowest BCUT2D eigenvalue weighted by molar-refractivity contribution is -0.136. The largest absolute Gasteiger partial charge is 0.463 e. The van der Waals surface area contributed by atoms with Gasteiger partial charge in [-0.2, -0.15) is 13.2 Å². The minimum Gasteiger partial charge on any atom is -0.463 e. The minimum atomic E-state index is -4.51. The SMILES string of the molecule is COC(=O)c1nc(Cn2nc(-c3ccc(Cl)cc3)n(CCC(F)(F)F)c2=O)nn1-c1ccccc1F. The quantitative estimate of drug-likeness (QED) is 0.269. The van der Waals surface area contributed by atoms with Gasteiger partial charge in [-0.3, -0.25) is 4.57 Å². The van der Waals surface area contributed by atoms with Crippen LogP contribution in [0.5, 0.6) is 0 Å². The number of hydrogen-bond donors (Lipinski definition) is 0. The third-order valence-corrected chi connectivity index (χ3v) is 5.29. The van der Waals surface area contributed by atoms with Crippen molar-refractivity contribution in [1.82, 2.24) is 29.1 Å². The molecule has 188 valence electrons. The first-order chi connectivity index (χ1) is 17.1. The van der Waals surface area contributed by atoms with Crippen molar-refractivity contribution in [2.75, 3.05) is 7.11 Å². The number of carbonyl (C=O) groups excluding carboxylic acids is 1. The maximum atomic E-state index is 14.4. The van der Waals surface area contributed by atoms with E-state index in [-0.39, 0.29) is 23.2 Å². The average molecular weight is 525 g/mol. The van der Waals surface area contributed by atoms with E-state index in [0.29, 0.717) is 10.6 Å². The normalized spacial score (nSPS) is 11.6. The monoisotopic (exact) mass is 524 g/mol. The van der Waals surface area contributed by atoms with Crippen molar-refractivity contribution in [1.29, 1.82) is 0 Å². The van der Waals surface area contributed by atoms with E-state index in [1.54, 1.807) is 0 Å². The van der Waals surface area contributed by atoms with Crippen molar-refractivity contribution < 1.29 is 27.1 Å². The molecule has 0 atom stereocenters. The van der Waals surface area contributed by atoms with Crippen LogP contribution >= 0.6 is 11.6 Å². The van der Waals surface area contributed by atoms with Crippen LogP contribution in [-0.4, -0.2) is 48.4 Å². The molecule has 14 heteroatoms. The number of ether oxygens (including phenoxy) is 1. The molecule has 0 unspecified atom stereocenters. The number of methoxy groups -OCH3 is 1. The first-order valence-electron chi connectivity index (χ1n) is 10.4. The van der Waals surface area contributed by atoms with E-state index in [1.165, 1.54) is 42.5 Å². The molecule has 0 radical (unpaired) electrons. The molecule has 0 amide bonds. The molecular weight excluding hydrogens is 508 g/mol. The molecule has 4 aromatic rings. The molecular formula is C22H17ClF4N6O3. The van der Waals surface area contributed by atoms with Crippen molar-refractivity contribution in [3.63, 3.8) is 0 Å². The predicted molar refractivity (Wildman–Crippen MR) is 119 cm³/mol. The number of nitrogens with zero attached hydrogens (tertiary/aromatic N) is 6. The molecule has 2 aromatic carbocycles. The van der Waals surface area contributed by atoms with E-state index in [1.807, 2.05) is 0 Å². The molecule has 36 heavy (non-hydrogen) atoms. The molecule has 0 saturated heterocycles. The fourth-order valence-electron chi connectivity index (χ4n) is 3.37. The van der Waals surface area contributed by atoms with Crippen LogP contribution in [0, 0.1) is 5.82 Å². The van der Waals surface area contributed by atoms with Crippen LogP contribution in [0.15, 0.2) is 53.3 Å². The summed E-state index contributed by atoms with van der Waals surface area (Å²) in [6, 6.07) is 11.5. The fraction of sp³-hybridized carbons (Fsp3) is 0.227. The van der Waals surface area contributed by atoms with Gasteiger partial charge in [-0.25, -0.2) is 28.3 Å². The van der Waals surface area contributed by atoms with Gasteiger partial charge in [-0.1, -0.05) is 23.7 Å². The first kappa shape index (κ1) is 25.1. The molecule has 9 nitrogen and oxygen atoms in total. The lowest BCUT2D eigenvalue weighted by Gasteiger charge is -2.08. The summed E-state index contributed by atoms with van der Waals surface area (Å²) in [5.74, 6) is -2.12. The molecule has 0 saturated carbocycles. The maximum absolute atomic E-state index is 14.4. The molecule has 4 rings (SSSR count). The van der Waals surface area contributed by atoms with E-state index < -0.39 is 43.2 Å². The minimum absolute atomic E-state index is 0.0253. The first-order valence-corrected chi connectivity index (χ1v) is 10.7. The molecule has 2 aromatic heterocycles. The second kappa shape index (κ2) is 9.93. The van der Waals surface area contributed by atoms with Crippen LogP contribution in [0.4, 0.5) is 17.6 Å². The molecule has 0 aliphatic carbocycles. The number of rotatable bonds is 7. The Balaban J connectivity index is 1.77. The lowest BCUT2D eigenvalue weighted by Crippen LogP contribution is -2.27. The summed E-state index contributed by atoms with van der Waals surface area (Å²) in [4.78, 5) is 29.3. The zero-order valence-electron chi connectivity index (χ0n) is 18.5. The van der Waals surface area contributed by atoms with E-state index in [0.717, 1.165) is 27.1 Å². The highest BCUT2D eigenvalue weighted by Crippen LogP contribution is 2.23. The number of para-hydroxylation sites is 1. The molecule has 0 fully saturated rings. The molecule has 0 bridgehead atoms. The maximum Gasteiger partial charge on any atom is 0.390 e. The zero-order chi connectivity index (χ0) is 26.0. The van der Waals surface area contributed by atoms with E-state index in [2.05, 4.69) is 19.9 Å². The summed E-state index contributed by atoms with van der Waals surface area (Å²) in [6.45, 7) is -1.09. The summed E-state index contributed by atoms with van der Waals surface area (Å²) in [6.07, 6.45) is -5.76. The third kappa shape index (κ3) is 5.30. The highest BCUT2D eigenvalue weighted by molar-refractivity contribution is 6.30. The predicted octanol–water partition coefficient (Wildman–Crippen LogP) is 3.87. The fourth-order valence-corrected chi connectivity index (χ4v) is 3.49. The number of carbonyl (C=O) groups is 1. The van der Waals surface area contributed by atoms with Crippen LogP contribution in [-0.2, 0) is 17.8 Å². The average Bonchev–Trinajstić information content (AvgIpc) is 3.39. The van der Waals surface area contributed by atoms with Gasteiger partial charge in [0.1, 0.15) is 18.0 Å². The van der Waals surface area contributed by atoms with E-state index >= 15 is 0 Å². The standard InChI is InChI=1S/C22H17ClF4N6O3/c1-36-20(34)19-28-17(29-33(19)16-5-3-2-4-15(16)24)12-32-21(35)31(11-10-22(25,26)27)18(30-32)13-6-8-14(23)9-7-13/h2-9H,10-12H2,1H3. The van der Waals surface area contributed by atoms with Gasteiger partial charge in [0.05, 0.1) is 13.5 Å². The van der Waals surface area contributed by atoms with Crippen molar-refractivity contribution in [2.24, 2.45) is 0 Å². The summed E-state index contributed by atoms with van der Waals surface area (Å²) in [5.41, 5.74) is -0.592. The Bertz CT molecular complexity index is 1460. The van der Waals surface area contributed by atoms with E-state index in [9.17, 15) is 27.2 Å². The van der Waals surface area contributed by atoms with Gasteiger partial charge in [0.25, 0.3) is 0 Å². The van der Waals surface area contributed by atoms with Crippen molar-refractivity contribution in [3.05, 3.63) is 81.5 Å². The lowest BCUT2D eigenvalue weighted by atomic mass is 10.2. The Labute approximate surface area is 205 Å². The van der Waals surface area contributed by atoms with Crippen LogP contribution in [0.1, 0.15) is 22.9 Å². The van der Waals surface area contributed by atoms with Gasteiger partial charge < -0.3 is 4.74 Å². The van der Waals surface area contributed by atoms with Crippen molar-refractivity contribution in [3.8, 4) is 17.1 Å². The van der Waals surface area contributed by atoms with Crippen LogP contribution in [0.2, 0.25) is 5.02 Å². The summed E-state index contributed by atoms with van der Waals surface area (Å²) in [7, 11) is 1.10. The highest BCUT2D eigenvalue weighted by Gasteiger charge is 2.29. The Morgan fingerprint density at radius 1 is 1.08 bits per heavy atom. The number of alkyl halides is 3. The van der Waals surface area contributed by atoms with Crippen LogP contribution in [0.25, 0.3) is 17.1 Å². The van der Waals surface area contributed by atoms with Gasteiger partial charge >= 0.3 is 17.8 Å². The summed E-state index contributed by atoms with van der Waals surface area (Å²) >= 11 is 5.89. The molecule has 0 spiro atoms. The number of halogens is 5. The molecule has 0 aliphatic heterocycles. The Morgan fingerprint density at radius 2 is 1.78 bits per heavy atom. The van der Waals surface area contributed by atoms with Gasteiger partial charge in [0.15, 0.2) is 11.6 Å².